The summed E-state index contributed by atoms with van der Waals surface area (Å²) in [6, 6.07) is 4.78. The van der Waals surface area contributed by atoms with Crippen LogP contribution in [0.25, 0.3) is 0 Å². The van der Waals surface area contributed by atoms with Crippen LogP contribution in [-0.2, 0) is 13.1 Å². The number of fused-ring (bicyclic) bond motifs is 1. The van der Waals surface area contributed by atoms with Crippen molar-refractivity contribution >= 4 is 11.5 Å². The van der Waals surface area contributed by atoms with Crippen molar-refractivity contribution in [1.82, 2.24) is 14.8 Å². The number of aromatic nitrogens is 3. The normalized spacial score (nSPS) is 13.4. The van der Waals surface area contributed by atoms with Crippen molar-refractivity contribution in [2.24, 2.45) is 0 Å². The molecule has 0 amide bonds. The Kier molecular flexibility index (Phi) is 3.20. The number of hydrogen-bond acceptors (Lipinski definition) is 6. The standard InChI is InChI=1S/C12H13N5O3/c18-17(19)10-3-1-4-13-12(10)14-8-9-7-11-16(15-9)5-2-6-20-11/h1,3-4,7H,2,5-6,8H2,(H,13,14). The molecule has 1 aliphatic rings. The number of ether oxygens (including phenoxy) is 1. The van der Waals surface area contributed by atoms with Gasteiger partial charge in [-0.05, 0) is 6.07 Å². The molecule has 8 heteroatoms. The fraction of sp³-hybridized carbons (Fsp3) is 0.333. The van der Waals surface area contributed by atoms with Crippen LogP contribution >= 0.6 is 0 Å². The second kappa shape index (κ2) is 5.16. The Balaban J connectivity index is 1.73. The van der Waals surface area contributed by atoms with Gasteiger partial charge >= 0.3 is 5.69 Å². The van der Waals surface area contributed by atoms with Crippen molar-refractivity contribution in [2.45, 2.75) is 19.5 Å². The SMILES string of the molecule is O=[N+]([O-])c1cccnc1NCc1cc2n(n1)CCCO2. The van der Waals surface area contributed by atoms with Crippen molar-refractivity contribution in [3.8, 4) is 5.88 Å². The van der Waals surface area contributed by atoms with Gasteiger partial charge in [0.1, 0.15) is 0 Å². The van der Waals surface area contributed by atoms with Crippen LogP contribution in [0.15, 0.2) is 24.4 Å². The van der Waals surface area contributed by atoms with Gasteiger partial charge in [0.2, 0.25) is 11.7 Å². The summed E-state index contributed by atoms with van der Waals surface area (Å²) in [7, 11) is 0. The maximum atomic E-state index is 10.9. The van der Waals surface area contributed by atoms with Gasteiger partial charge in [-0.3, -0.25) is 10.1 Å². The Morgan fingerprint density at radius 1 is 1.55 bits per heavy atom. The molecule has 0 radical (unpaired) electrons. The molecule has 3 heterocycles. The molecule has 0 spiro atoms. The van der Waals surface area contributed by atoms with Crippen LogP contribution in [-0.4, -0.2) is 26.3 Å². The third-order valence-electron chi connectivity index (χ3n) is 2.98. The molecular weight excluding hydrogens is 262 g/mol. The molecule has 0 bridgehead atoms. The van der Waals surface area contributed by atoms with Crippen LogP contribution in [0.4, 0.5) is 11.5 Å². The Morgan fingerprint density at radius 3 is 3.25 bits per heavy atom. The lowest BCUT2D eigenvalue weighted by Crippen LogP contribution is -2.14. The van der Waals surface area contributed by atoms with E-state index in [-0.39, 0.29) is 11.5 Å². The monoisotopic (exact) mass is 275 g/mol. The van der Waals surface area contributed by atoms with Gasteiger partial charge in [0, 0.05) is 31.3 Å². The van der Waals surface area contributed by atoms with Crippen molar-refractivity contribution < 1.29 is 9.66 Å². The molecule has 2 aromatic heterocycles. The highest BCUT2D eigenvalue weighted by Crippen LogP contribution is 2.22. The van der Waals surface area contributed by atoms with Gasteiger partial charge in [0.15, 0.2) is 0 Å². The third-order valence-corrected chi connectivity index (χ3v) is 2.98. The van der Waals surface area contributed by atoms with Gasteiger partial charge < -0.3 is 10.1 Å². The highest BCUT2D eigenvalue weighted by atomic mass is 16.6. The largest absolute Gasteiger partial charge is 0.478 e. The smallest absolute Gasteiger partial charge is 0.311 e. The van der Waals surface area contributed by atoms with Crippen LogP contribution in [0.5, 0.6) is 5.88 Å². The minimum absolute atomic E-state index is 0.0484. The summed E-state index contributed by atoms with van der Waals surface area (Å²) in [6.45, 7) is 1.89. The predicted molar refractivity (Wildman–Crippen MR) is 70.6 cm³/mol. The van der Waals surface area contributed by atoms with Gasteiger partial charge in [-0.15, -0.1) is 0 Å². The summed E-state index contributed by atoms with van der Waals surface area (Å²) in [5.41, 5.74) is 0.717. The number of aryl methyl sites for hydroxylation is 1. The van der Waals surface area contributed by atoms with Gasteiger partial charge in [-0.1, -0.05) is 0 Å². The first kappa shape index (κ1) is 12.4. The molecule has 104 valence electrons. The number of nitrogens with one attached hydrogen (secondary N) is 1. The van der Waals surface area contributed by atoms with Gasteiger partial charge in [0.25, 0.3) is 0 Å². The summed E-state index contributed by atoms with van der Waals surface area (Å²) in [6.07, 6.45) is 2.45. The molecule has 0 unspecified atom stereocenters. The molecule has 1 aliphatic heterocycles. The zero-order chi connectivity index (χ0) is 13.9. The quantitative estimate of drug-likeness (QED) is 0.672. The molecule has 0 saturated heterocycles. The molecule has 1 N–H and O–H groups in total. The van der Waals surface area contributed by atoms with Crippen molar-refractivity contribution in [3.05, 3.63) is 40.2 Å². The first-order valence-corrected chi connectivity index (χ1v) is 6.27. The van der Waals surface area contributed by atoms with Gasteiger partial charge in [-0.25, -0.2) is 9.67 Å². The molecular formula is C12H13N5O3. The second-order valence-electron chi connectivity index (χ2n) is 4.38. The number of pyridine rings is 1. The summed E-state index contributed by atoms with van der Waals surface area (Å²) in [5, 5.41) is 18.2. The van der Waals surface area contributed by atoms with E-state index < -0.39 is 4.92 Å². The van der Waals surface area contributed by atoms with E-state index in [1.807, 2.05) is 6.07 Å². The Hall–Kier alpha value is -2.64. The number of hydrogen-bond donors (Lipinski definition) is 1. The molecule has 0 fully saturated rings. The summed E-state index contributed by atoms with van der Waals surface area (Å²) in [4.78, 5) is 14.4. The molecule has 0 aliphatic carbocycles. The average molecular weight is 275 g/mol. The van der Waals surface area contributed by atoms with E-state index in [9.17, 15) is 10.1 Å². The van der Waals surface area contributed by atoms with E-state index in [0.29, 0.717) is 13.2 Å². The van der Waals surface area contributed by atoms with Crippen LogP contribution in [0, 0.1) is 10.1 Å². The molecule has 8 nitrogen and oxygen atoms in total. The third kappa shape index (κ3) is 2.40. The number of nitro groups is 1. The lowest BCUT2D eigenvalue weighted by atomic mass is 10.3. The van der Waals surface area contributed by atoms with Crippen molar-refractivity contribution in [1.29, 1.82) is 0 Å². The van der Waals surface area contributed by atoms with E-state index in [0.717, 1.165) is 24.5 Å². The Bertz CT molecular complexity index is 616. The zero-order valence-electron chi connectivity index (χ0n) is 10.7. The molecule has 20 heavy (non-hydrogen) atoms. The highest BCUT2D eigenvalue weighted by molar-refractivity contribution is 5.55. The summed E-state index contributed by atoms with van der Waals surface area (Å²) >= 11 is 0. The summed E-state index contributed by atoms with van der Waals surface area (Å²) in [5.74, 6) is 0.980. The molecule has 2 aromatic rings. The van der Waals surface area contributed by atoms with Crippen molar-refractivity contribution in [2.75, 3.05) is 11.9 Å². The minimum Gasteiger partial charge on any atom is -0.478 e. The fourth-order valence-electron chi connectivity index (χ4n) is 2.06. The summed E-state index contributed by atoms with van der Waals surface area (Å²) < 4.78 is 7.27. The zero-order valence-corrected chi connectivity index (χ0v) is 10.7. The minimum atomic E-state index is -0.462. The Morgan fingerprint density at radius 2 is 2.45 bits per heavy atom. The topological polar surface area (TPSA) is 95.1 Å². The lowest BCUT2D eigenvalue weighted by Gasteiger charge is -2.13. The molecule has 0 aromatic carbocycles. The fourth-order valence-corrected chi connectivity index (χ4v) is 2.06. The maximum absolute atomic E-state index is 10.9. The van der Waals surface area contributed by atoms with Crippen LogP contribution in [0.3, 0.4) is 0 Å². The van der Waals surface area contributed by atoms with E-state index in [4.69, 9.17) is 4.74 Å². The van der Waals surface area contributed by atoms with E-state index in [1.54, 1.807) is 4.68 Å². The highest BCUT2D eigenvalue weighted by Gasteiger charge is 2.16. The van der Waals surface area contributed by atoms with Gasteiger partial charge in [0.05, 0.1) is 23.8 Å². The lowest BCUT2D eigenvalue weighted by molar-refractivity contribution is -0.384. The number of nitrogens with zero attached hydrogens (tertiary/aromatic N) is 4. The maximum Gasteiger partial charge on any atom is 0.311 e. The molecule has 0 atom stereocenters. The van der Waals surface area contributed by atoms with Crippen LogP contribution in [0.2, 0.25) is 0 Å². The first-order valence-electron chi connectivity index (χ1n) is 6.27. The number of rotatable bonds is 4. The second-order valence-corrected chi connectivity index (χ2v) is 4.38. The van der Waals surface area contributed by atoms with E-state index in [2.05, 4.69) is 15.4 Å². The van der Waals surface area contributed by atoms with Crippen molar-refractivity contribution in [3.63, 3.8) is 0 Å². The Labute approximate surface area is 114 Å². The average Bonchev–Trinajstić information content (AvgIpc) is 2.88. The van der Waals surface area contributed by atoms with Gasteiger partial charge in [-0.2, -0.15) is 5.10 Å². The predicted octanol–water partition coefficient (Wildman–Crippen LogP) is 1.58. The molecule has 0 saturated carbocycles. The molecule has 3 rings (SSSR count). The van der Waals surface area contributed by atoms with E-state index in [1.165, 1.54) is 18.3 Å². The van der Waals surface area contributed by atoms with Crippen LogP contribution in [0.1, 0.15) is 12.1 Å². The van der Waals surface area contributed by atoms with Crippen LogP contribution < -0.4 is 10.1 Å². The first-order chi connectivity index (χ1) is 9.74. The number of anilines is 1. The van der Waals surface area contributed by atoms with E-state index >= 15 is 0 Å².